The number of benzene rings is 2. The van der Waals surface area contributed by atoms with Gasteiger partial charge in [-0.15, -0.1) is 0 Å². The summed E-state index contributed by atoms with van der Waals surface area (Å²) in [7, 11) is -3.18. The maximum Gasteiger partial charge on any atom is 0.232 e. The second kappa shape index (κ2) is 7.49. The van der Waals surface area contributed by atoms with Crippen LogP contribution in [0.25, 0.3) is 0 Å². The molecule has 6 heteroatoms. The Hall–Kier alpha value is -2.34. The molecule has 0 saturated heterocycles. The highest BCUT2D eigenvalue weighted by Crippen LogP contribution is 2.27. The Morgan fingerprint density at radius 2 is 1.83 bits per heavy atom. The minimum Gasteiger partial charge on any atom is -0.506 e. The van der Waals surface area contributed by atoms with E-state index in [4.69, 9.17) is 0 Å². The third-order valence-corrected chi connectivity index (χ3v) is 4.68. The van der Waals surface area contributed by atoms with Crippen molar-refractivity contribution in [3.8, 4) is 5.75 Å². The Labute approximate surface area is 142 Å². The molecule has 1 amide bonds. The lowest BCUT2D eigenvalue weighted by atomic mass is 9.95. The van der Waals surface area contributed by atoms with E-state index in [1.807, 2.05) is 13.0 Å². The van der Waals surface area contributed by atoms with E-state index in [0.29, 0.717) is 5.69 Å². The van der Waals surface area contributed by atoms with E-state index >= 15 is 0 Å². The fraction of sp³-hybridized carbons (Fsp3) is 0.278. The van der Waals surface area contributed by atoms with E-state index in [-0.39, 0.29) is 23.8 Å². The number of rotatable bonds is 6. The summed E-state index contributed by atoms with van der Waals surface area (Å²) in [6, 6.07) is 14.0. The Kier molecular flexibility index (Phi) is 5.62. The van der Waals surface area contributed by atoms with Gasteiger partial charge in [0.05, 0.1) is 17.4 Å². The van der Waals surface area contributed by atoms with Crippen molar-refractivity contribution in [3.05, 3.63) is 59.7 Å². The molecule has 0 aliphatic carbocycles. The summed E-state index contributed by atoms with van der Waals surface area (Å²) in [4.78, 5) is 12.7. The first-order chi connectivity index (χ1) is 11.3. The van der Waals surface area contributed by atoms with Gasteiger partial charge < -0.3 is 10.4 Å². The average molecular weight is 347 g/mol. The molecular formula is C18H21NO4S. The molecule has 5 nitrogen and oxygen atoms in total. The largest absolute Gasteiger partial charge is 0.506 e. The lowest BCUT2D eigenvalue weighted by molar-refractivity contribution is -0.117. The van der Waals surface area contributed by atoms with Crippen molar-refractivity contribution in [2.24, 2.45) is 0 Å². The van der Waals surface area contributed by atoms with E-state index in [1.165, 1.54) is 6.07 Å². The fourth-order valence-corrected chi connectivity index (χ4v) is 3.10. The molecule has 0 fully saturated rings. The number of carbonyl (C=O) groups excluding carboxylic acids is 1. The lowest BCUT2D eigenvalue weighted by Crippen LogP contribution is -2.23. The number of sulfone groups is 1. The van der Waals surface area contributed by atoms with Crippen LogP contribution in [0.2, 0.25) is 0 Å². The molecule has 1 unspecified atom stereocenters. The number of phenols is 1. The molecule has 24 heavy (non-hydrogen) atoms. The van der Waals surface area contributed by atoms with Crippen LogP contribution in [0.1, 0.15) is 23.5 Å². The molecule has 0 aromatic heterocycles. The van der Waals surface area contributed by atoms with E-state index in [1.54, 1.807) is 36.4 Å². The SMILES string of the molecule is Cc1ccc(O)c(NC(=O)C(CCS(C)(=O)=O)c2ccccc2)c1. The predicted molar refractivity (Wildman–Crippen MR) is 95.0 cm³/mol. The Balaban J connectivity index is 2.25. The van der Waals surface area contributed by atoms with E-state index in [9.17, 15) is 18.3 Å². The van der Waals surface area contributed by atoms with Gasteiger partial charge in [0.2, 0.25) is 5.91 Å². The fourth-order valence-electron chi connectivity index (χ4n) is 2.44. The Morgan fingerprint density at radius 1 is 1.17 bits per heavy atom. The van der Waals surface area contributed by atoms with Crippen LogP contribution in [0.3, 0.4) is 0 Å². The first-order valence-electron chi connectivity index (χ1n) is 7.59. The number of aryl methyl sites for hydroxylation is 1. The van der Waals surface area contributed by atoms with Crippen LogP contribution in [-0.4, -0.2) is 31.4 Å². The third-order valence-electron chi connectivity index (χ3n) is 3.71. The topological polar surface area (TPSA) is 83.5 Å². The molecule has 0 aliphatic heterocycles. The third kappa shape index (κ3) is 5.09. The van der Waals surface area contributed by atoms with Gasteiger partial charge in [0.15, 0.2) is 0 Å². The van der Waals surface area contributed by atoms with E-state index < -0.39 is 15.8 Å². The molecule has 0 bridgehead atoms. The van der Waals surface area contributed by atoms with Crippen molar-refractivity contribution in [2.45, 2.75) is 19.3 Å². The summed E-state index contributed by atoms with van der Waals surface area (Å²) in [5.74, 6) is -1.06. The molecule has 2 N–H and O–H groups in total. The van der Waals surface area contributed by atoms with Crippen molar-refractivity contribution in [1.29, 1.82) is 0 Å². The monoisotopic (exact) mass is 347 g/mol. The van der Waals surface area contributed by atoms with Crippen LogP contribution in [0.15, 0.2) is 48.5 Å². The van der Waals surface area contributed by atoms with Gasteiger partial charge in [-0.3, -0.25) is 4.79 Å². The number of anilines is 1. The molecular weight excluding hydrogens is 326 g/mol. The normalized spacial score (nSPS) is 12.6. The van der Waals surface area contributed by atoms with Crippen molar-refractivity contribution >= 4 is 21.4 Å². The first-order valence-corrected chi connectivity index (χ1v) is 9.65. The smallest absolute Gasteiger partial charge is 0.232 e. The zero-order chi connectivity index (χ0) is 17.7. The minimum absolute atomic E-state index is 0.0242. The minimum atomic E-state index is -3.18. The van der Waals surface area contributed by atoms with Crippen molar-refractivity contribution in [3.63, 3.8) is 0 Å². The molecule has 0 radical (unpaired) electrons. The van der Waals surface area contributed by atoms with Crippen LogP contribution < -0.4 is 5.32 Å². The summed E-state index contributed by atoms with van der Waals surface area (Å²) in [6.07, 6.45) is 1.33. The predicted octanol–water partition coefficient (Wildman–Crippen LogP) is 2.86. The summed E-state index contributed by atoms with van der Waals surface area (Å²) in [6.45, 7) is 1.85. The zero-order valence-electron chi connectivity index (χ0n) is 13.7. The molecule has 128 valence electrons. The van der Waals surface area contributed by atoms with Gasteiger partial charge in [-0.1, -0.05) is 36.4 Å². The van der Waals surface area contributed by atoms with E-state index in [2.05, 4.69) is 5.32 Å². The van der Waals surface area contributed by atoms with E-state index in [0.717, 1.165) is 17.4 Å². The highest BCUT2D eigenvalue weighted by molar-refractivity contribution is 7.90. The average Bonchev–Trinajstić information content (AvgIpc) is 2.51. The van der Waals surface area contributed by atoms with Crippen LogP contribution >= 0.6 is 0 Å². The van der Waals surface area contributed by atoms with Gasteiger partial charge in [-0.25, -0.2) is 8.42 Å². The molecule has 2 aromatic rings. The van der Waals surface area contributed by atoms with Crippen molar-refractivity contribution < 1.29 is 18.3 Å². The quantitative estimate of drug-likeness (QED) is 0.787. The van der Waals surface area contributed by atoms with Gasteiger partial charge in [0.25, 0.3) is 0 Å². The van der Waals surface area contributed by atoms with Crippen molar-refractivity contribution in [1.82, 2.24) is 0 Å². The maximum atomic E-state index is 12.7. The molecule has 0 saturated carbocycles. The number of nitrogens with one attached hydrogen (secondary N) is 1. The van der Waals surface area contributed by atoms with Gasteiger partial charge in [-0.2, -0.15) is 0 Å². The van der Waals surface area contributed by atoms with Gasteiger partial charge in [0, 0.05) is 6.26 Å². The Bertz CT molecular complexity index is 816. The number of carbonyl (C=O) groups is 1. The number of hydrogen-bond acceptors (Lipinski definition) is 4. The van der Waals surface area contributed by atoms with Gasteiger partial charge >= 0.3 is 0 Å². The second-order valence-corrected chi connectivity index (χ2v) is 8.15. The maximum absolute atomic E-state index is 12.7. The van der Waals surface area contributed by atoms with Crippen LogP contribution in [0.4, 0.5) is 5.69 Å². The summed E-state index contributed by atoms with van der Waals surface area (Å²) >= 11 is 0. The van der Waals surface area contributed by atoms with Crippen molar-refractivity contribution in [2.75, 3.05) is 17.3 Å². The lowest BCUT2D eigenvalue weighted by Gasteiger charge is -2.17. The number of hydrogen-bond donors (Lipinski definition) is 2. The number of amides is 1. The molecule has 0 aliphatic rings. The first kappa shape index (κ1) is 18.0. The second-order valence-electron chi connectivity index (χ2n) is 5.89. The molecule has 1 atom stereocenters. The van der Waals surface area contributed by atoms with Gasteiger partial charge in [-0.05, 0) is 36.6 Å². The number of phenolic OH excluding ortho intramolecular Hbond substituents is 1. The highest BCUT2D eigenvalue weighted by Gasteiger charge is 2.23. The molecule has 2 aromatic carbocycles. The Morgan fingerprint density at radius 3 is 2.46 bits per heavy atom. The van der Waals surface area contributed by atoms with Crippen LogP contribution in [0.5, 0.6) is 5.75 Å². The van der Waals surface area contributed by atoms with Crippen LogP contribution in [0, 0.1) is 6.92 Å². The summed E-state index contributed by atoms with van der Waals surface area (Å²) < 4.78 is 22.9. The summed E-state index contributed by atoms with van der Waals surface area (Å²) in [5, 5.41) is 12.6. The highest BCUT2D eigenvalue weighted by atomic mass is 32.2. The molecule has 2 rings (SSSR count). The number of aromatic hydroxyl groups is 1. The van der Waals surface area contributed by atoms with Gasteiger partial charge in [0.1, 0.15) is 15.6 Å². The molecule has 0 spiro atoms. The summed E-state index contributed by atoms with van der Waals surface area (Å²) in [5.41, 5.74) is 1.96. The zero-order valence-corrected chi connectivity index (χ0v) is 14.5. The molecule has 0 heterocycles. The standard InChI is InChI=1S/C18H21NO4S/c1-13-8-9-17(20)16(12-13)19-18(21)15(10-11-24(2,22)23)14-6-4-3-5-7-14/h3-9,12,15,20H,10-11H2,1-2H3,(H,19,21). The van der Waals surface area contributed by atoms with Crippen LogP contribution in [-0.2, 0) is 14.6 Å².